The van der Waals surface area contributed by atoms with Gasteiger partial charge in [0.25, 0.3) is 11.5 Å². The van der Waals surface area contributed by atoms with Crippen LogP contribution in [0.1, 0.15) is 23.1 Å². The minimum absolute atomic E-state index is 0.169. The number of amides is 1. The number of nitrogens with zero attached hydrogens (tertiary/aromatic N) is 4. The summed E-state index contributed by atoms with van der Waals surface area (Å²) >= 11 is 0. The molecule has 0 aliphatic heterocycles. The third kappa shape index (κ3) is 6.52. The van der Waals surface area contributed by atoms with Crippen molar-refractivity contribution in [3.8, 4) is 6.07 Å². The van der Waals surface area contributed by atoms with Gasteiger partial charge in [-0.15, -0.1) is 0 Å². The molecule has 0 saturated heterocycles. The first-order valence-corrected chi connectivity index (χ1v) is 12.3. The molecule has 0 atom stereocenters. The van der Waals surface area contributed by atoms with Crippen molar-refractivity contribution in [1.82, 2.24) is 14.7 Å². The number of nitriles is 1. The van der Waals surface area contributed by atoms with Crippen LogP contribution < -0.4 is 15.8 Å². The fourth-order valence-corrected chi connectivity index (χ4v) is 4.08. The molecule has 0 aliphatic rings. The summed E-state index contributed by atoms with van der Waals surface area (Å²) in [7, 11) is 1.58. The summed E-state index contributed by atoms with van der Waals surface area (Å²) in [6.07, 6.45) is 3.58. The number of pyridine rings is 1. The number of anilines is 1. The number of benzene rings is 2. The average Bonchev–Trinajstić information content (AvgIpc) is 2.95. The Labute approximate surface area is 221 Å². The third-order valence-electron chi connectivity index (χ3n) is 5.95. The van der Waals surface area contributed by atoms with E-state index in [2.05, 4.69) is 5.32 Å². The normalized spacial score (nSPS) is 11.2. The molecule has 1 N–H and O–H groups in total. The van der Waals surface area contributed by atoms with E-state index in [4.69, 9.17) is 9.72 Å². The summed E-state index contributed by atoms with van der Waals surface area (Å²) in [4.78, 5) is 33.4. The van der Waals surface area contributed by atoms with Crippen LogP contribution in [0.3, 0.4) is 0 Å². The Bertz CT molecular complexity index is 1470. The molecule has 8 heteroatoms. The molecule has 192 valence electrons. The summed E-state index contributed by atoms with van der Waals surface area (Å²) in [5.74, 6) is -0.154. The number of nitrogens with one attached hydrogen (secondary N) is 1. The molecule has 0 unspecified atom stereocenters. The van der Waals surface area contributed by atoms with Gasteiger partial charge in [0.2, 0.25) is 0 Å². The lowest BCUT2D eigenvalue weighted by Crippen LogP contribution is -2.30. The van der Waals surface area contributed by atoms with Crippen molar-refractivity contribution in [1.29, 1.82) is 5.26 Å². The minimum atomic E-state index is -0.551. The van der Waals surface area contributed by atoms with Gasteiger partial charge in [0, 0.05) is 39.5 Å². The number of fused-ring (bicyclic) bond motifs is 1. The maximum absolute atomic E-state index is 13.7. The molecule has 2 aromatic heterocycles. The van der Waals surface area contributed by atoms with Crippen molar-refractivity contribution < 1.29 is 9.53 Å². The highest BCUT2D eigenvalue weighted by Gasteiger charge is 2.20. The van der Waals surface area contributed by atoms with E-state index in [1.165, 1.54) is 10.5 Å². The maximum atomic E-state index is 13.7. The Morgan fingerprint density at radius 1 is 1.03 bits per heavy atom. The smallest absolute Gasteiger partial charge is 0.267 e. The van der Waals surface area contributed by atoms with E-state index in [0.29, 0.717) is 44.1 Å². The van der Waals surface area contributed by atoms with Gasteiger partial charge in [-0.1, -0.05) is 66.7 Å². The van der Waals surface area contributed by atoms with Crippen LogP contribution in [0.5, 0.6) is 0 Å². The fraction of sp³-hybridized carbons (Fsp3) is 0.200. The Morgan fingerprint density at radius 2 is 1.66 bits per heavy atom. The highest BCUT2D eigenvalue weighted by molar-refractivity contribution is 6.02. The van der Waals surface area contributed by atoms with Crippen LogP contribution in [0.15, 0.2) is 95.4 Å². The van der Waals surface area contributed by atoms with Crippen molar-refractivity contribution in [2.75, 3.05) is 25.2 Å². The molecule has 0 fully saturated rings. The van der Waals surface area contributed by atoms with Gasteiger partial charge >= 0.3 is 0 Å². The Kier molecular flexibility index (Phi) is 9.00. The second-order valence-electron chi connectivity index (χ2n) is 8.68. The van der Waals surface area contributed by atoms with E-state index >= 15 is 0 Å². The van der Waals surface area contributed by atoms with E-state index < -0.39 is 5.91 Å². The molecule has 4 aromatic rings. The van der Waals surface area contributed by atoms with Crippen LogP contribution in [0.4, 0.5) is 5.82 Å². The van der Waals surface area contributed by atoms with E-state index in [-0.39, 0.29) is 16.7 Å². The van der Waals surface area contributed by atoms with Crippen molar-refractivity contribution >= 4 is 23.4 Å². The minimum Gasteiger partial charge on any atom is -0.385 e. The van der Waals surface area contributed by atoms with Crippen LogP contribution in [0.25, 0.3) is 11.7 Å². The van der Waals surface area contributed by atoms with Gasteiger partial charge in [-0.25, -0.2) is 4.98 Å². The van der Waals surface area contributed by atoms with Gasteiger partial charge in [0.15, 0.2) is 0 Å². The molecule has 8 nitrogen and oxygen atoms in total. The first-order valence-electron chi connectivity index (χ1n) is 12.3. The Morgan fingerprint density at radius 3 is 2.26 bits per heavy atom. The monoisotopic (exact) mass is 507 g/mol. The van der Waals surface area contributed by atoms with Gasteiger partial charge in [-0.3, -0.25) is 14.0 Å². The number of methoxy groups -OCH3 is 1. The second kappa shape index (κ2) is 13.0. The summed E-state index contributed by atoms with van der Waals surface area (Å²) in [5.41, 5.74) is 2.17. The van der Waals surface area contributed by atoms with Crippen LogP contribution in [-0.4, -0.2) is 35.6 Å². The highest BCUT2D eigenvalue weighted by atomic mass is 16.5. The number of hydrogen-bond acceptors (Lipinski definition) is 6. The zero-order valence-electron chi connectivity index (χ0n) is 21.2. The quantitative estimate of drug-likeness (QED) is 0.187. The summed E-state index contributed by atoms with van der Waals surface area (Å²) in [6, 6.07) is 27.0. The molecule has 4 rings (SSSR count). The molecule has 2 aromatic carbocycles. The SMILES string of the molecule is COCCCNC(=O)/C(C#N)=C/c1c(N(Cc2ccccc2)Cc2ccccc2)nc2ccccn2c1=O. The van der Waals surface area contributed by atoms with Crippen molar-refractivity contribution in [3.63, 3.8) is 0 Å². The van der Waals surface area contributed by atoms with Crippen molar-refractivity contribution in [2.45, 2.75) is 19.5 Å². The van der Waals surface area contributed by atoms with Gasteiger partial charge < -0.3 is 15.0 Å². The van der Waals surface area contributed by atoms with Crippen LogP contribution in [0, 0.1) is 11.3 Å². The van der Waals surface area contributed by atoms with Crippen LogP contribution in [-0.2, 0) is 22.6 Å². The molecule has 0 bridgehead atoms. The molecule has 0 saturated carbocycles. The van der Waals surface area contributed by atoms with Crippen LogP contribution in [0.2, 0.25) is 0 Å². The Balaban J connectivity index is 1.84. The molecular weight excluding hydrogens is 478 g/mol. The topological polar surface area (TPSA) is 99.7 Å². The zero-order chi connectivity index (χ0) is 26.7. The predicted octanol–water partition coefficient (Wildman–Crippen LogP) is 3.96. The van der Waals surface area contributed by atoms with E-state index in [1.54, 1.807) is 25.4 Å². The van der Waals surface area contributed by atoms with Gasteiger partial charge in [0.05, 0.1) is 5.56 Å². The van der Waals surface area contributed by atoms with Crippen molar-refractivity contribution in [2.24, 2.45) is 0 Å². The number of carbonyl (C=O) groups excluding carboxylic acids is 1. The third-order valence-corrected chi connectivity index (χ3v) is 5.95. The predicted molar refractivity (Wildman–Crippen MR) is 147 cm³/mol. The molecular formula is C30H29N5O3. The number of rotatable bonds is 11. The van der Waals surface area contributed by atoms with Crippen LogP contribution >= 0.6 is 0 Å². The first-order chi connectivity index (χ1) is 18.6. The standard InChI is InChI=1S/C30H29N5O3/c1-38-18-10-16-32-29(36)25(20-31)19-26-28(33-27-15-8-9-17-35(27)30(26)37)34(21-23-11-4-2-5-12-23)22-24-13-6-3-7-14-24/h2-9,11-15,17,19H,10,16,18,21-22H2,1H3,(H,32,36)/b25-19+. The van der Waals surface area contributed by atoms with E-state index in [1.807, 2.05) is 77.7 Å². The van der Waals surface area contributed by atoms with Gasteiger partial charge in [0.1, 0.15) is 23.1 Å². The number of hydrogen-bond donors (Lipinski definition) is 1. The summed E-state index contributed by atoms with van der Waals surface area (Å²) in [5, 5.41) is 12.5. The number of carbonyl (C=O) groups is 1. The average molecular weight is 508 g/mol. The summed E-state index contributed by atoms with van der Waals surface area (Å²) < 4.78 is 6.43. The molecule has 0 radical (unpaired) electrons. The van der Waals surface area contributed by atoms with Gasteiger partial charge in [-0.05, 0) is 35.8 Å². The first kappa shape index (κ1) is 26.3. The summed E-state index contributed by atoms with van der Waals surface area (Å²) in [6.45, 7) is 1.77. The molecule has 0 spiro atoms. The fourth-order valence-electron chi connectivity index (χ4n) is 4.08. The molecule has 2 heterocycles. The molecule has 0 aliphatic carbocycles. The Hall–Kier alpha value is -4.74. The van der Waals surface area contributed by atoms with Crippen molar-refractivity contribution in [3.05, 3.63) is 118 Å². The second-order valence-corrected chi connectivity index (χ2v) is 8.68. The van der Waals surface area contributed by atoms with Gasteiger partial charge in [-0.2, -0.15) is 5.26 Å². The zero-order valence-corrected chi connectivity index (χ0v) is 21.2. The molecule has 38 heavy (non-hydrogen) atoms. The van der Waals surface area contributed by atoms with E-state index in [9.17, 15) is 14.9 Å². The number of aromatic nitrogens is 2. The maximum Gasteiger partial charge on any atom is 0.267 e. The lowest BCUT2D eigenvalue weighted by molar-refractivity contribution is -0.117. The molecule has 1 amide bonds. The highest BCUT2D eigenvalue weighted by Crippen LogP contribution is 2.24. The largest absolute Gasteiger partial charge is 0.385 e. The lowest BCUT2D eigenvalue weighted by Gasteiger charge is -2.26. The van der Waals surface area contributed by atoms with E-state index in [0.717, 1.165) is 11.1 Å². The lowest BCUT2D eigenvalue weighted by atomic mass is 10.1. The number of ether oxygens (including phenoxy) is 1.